The molecule has 6 rings (SSSR count). The number of ether oxygens (including phenoxy) is 8. The molecular weight excluding hydrogens is 704 g/mol. The standard InChI is InChI=1S/C44H46O11/c1-24-20-27(23-34(48-11)38(24)52-41(47)55-44(8,9)10)35-36-30-16-14-28(49-39(45)53-42(2,3)4)21-25(30)12-18-32(36)51-33-19-13-26-22-29(15-17-31(26)37(33)35)50-40(46)54-43(5,6)7/h12-23,35H,1-11H3. The van der Waals surface area contributed by atoms with Gasteiger partial charge in [-0.1, -0.05) is 30.3 Å². The maximum Gasteiger partial charge on any atom is 0.514 e. The van der Waals surface area contributed by atoms with Crippen LogP contribution in [0.15, 0.2) is 72.8 Å². The van der Waals surface area contributed by atoms with Crippen LogP contribution >= 0.6 is 0 Å². The topological polar surface area (TPSA) is 125 Å². The third-order valence-corrected chi connectivity index (χ3v) is 8.36. The SMILES string of the molecule is COc1cc(C2c3c(ccc4cc(OC(=O)OC(C)(C)C)ccc34)Oc3ccc4cc(OC(=O)OC(C)(C)C)ccc4c32)cc(C)c1OC(=O)OC(C)(C)C. The number of carbonyl (C=O) groups excluding carboxylic acids is 3. The van der Waals surface area contributed by atoms with Gasteiger partial charge < -0.3 is 37.9 Å². The van der Waals surface area contributed by atoms with E-state index in [2.05, 4.69) is 0 Å². The van der Waals surface area contributed by atoms with Gasteiger partial charge in [-0.05, 0) is 144 Å². The second-order valence-corrected chi connectivity index (χ2v) is 16.3. The summed E-state index contributed by atoms with van der Waals surface area (Å²) >= 11 is 0. The van der Waals surface area contributed by atoms with Crippen molar-refractivity contribution in [3.63, 3.8) is 0 Å². The summed E-state index contributed by atoms with van der Waals surface area (Å²) in [6, 6.07) is 22.1. The van der Waals surface area contributed by atoms with Crippen LogP contribution in [0.5, 0.6) is 34.5 Å². The zero-order valence-corrected chi connectivity index (χ0v) is 33.0. The number of hydrogen-bond acceptors (Lipinski definition) is 11. The van der Waals surface area contributed by atoms with Gasteiger partial charge in [-0.2, -0.15) is 0 Å². The van der Waals surface area contributed by atoms with Gasteiger partial charge in [0.05, 0.1) is 7.11 Å². The van der Waals surface area contributed by atoms with E-state index in [0.717, 1.165) is 38.2 Å². The zero-order valence-electron chi connectivity index (χ0n) is 33.0. The van der Waals surface area contributed by atoms with Gasteiger partial charge in [0, 0.05) is 17.0 Å². The summed E-state index contributed by atoms with van der Waals surface area (Å²) in [6.07, 6.45) is -2.47. The molecule has 55 heavy (non-hydrogen) atoms. The van der Waals surface area contributed by atoms with Crippen LogP contribution in [0.2, 0.25) is 0 Å². The highest BCUT2D eigenvalue weighted by molar-refractivity contribution is 5.96. The van der Waals surface area contributed by atoms with Gasteiger partial charge in [-0.3, -0.25) is 0 Å². The lowest BCUT2D eigenvalue weighted by Gasteiger charge is -2.32. The van der Waals surface area contributed by atoms with E-state index in [1.165, 1.54) is 7.11 Å². The van der Waals surface area contributed by atoms with Crippen molar-refractivity contribution in [2.75, 3.05) is 7.11 Å². The van der Waals surface area contributed by atoms with E-state index in [0.29, 0.717) is 34.3 Å². The monoisotopic (exact) mass is 750 g/mol. The molecule has 288 valence electrons. The number of carbonyl (C=O) groups is 3. The summed E-state index contributed by atoms with van der Waals surface area (Å²) in [5.74, 6) is 2.00. The molecule has 1 aliphatic heterocycles. The molecule has 0 saturated carbocycles. The number of aryl methyl sites for hydroxylation is 1. The van der Waals surface area contributed by atoms with E-state index in [1.807, 2.05) is 55.5 Å². The van der Waals surface area contributed by atoms with E-state index in [4.69, 9.17) is 37.9 Å². The lowest BCUT2D eigenvalue weighted by molar-refractivity contribution is 0.0188. The van der Waals surface area contributed by atoms with E-state index in [-0.39, 0.29) is 5.75 Å². The normalized spacial score (nSPS) is 12.9. The smallest absolute Gasteiger partial charge is 0.493 e. The fourth-order valence-electron chi connectivity index (χ4n) is 6.43. The third-order valence-electron chi connectivity index (χ3n) is 8.36. The zero-order chi connectivity index (χ0) is 40.0. The molecular formula is C44H46O11. The second kappa shape index (κ2) is 14.4. The first-order valence-electron chi connectivity index (χ1n) is 17.9. The van der Waals surface area contributed by atoms with Crippen molar-refractivity contribution in [1.82, 2.24) is 0 Å². The molecule has 0 unspecified atom stereocenters. The van der Waals surface area contributed by atoms with Gasteiger partial charge in [0.15, 0.2) is 11.5 Å². The number of rotatable bonds is 5. The van der Waals surface area contributed by atoms with Gasteiger partial charge >= 0.3 is 18.5 Å². The highest BCUT2D eigenvalue weighted by Crippen LogP contribution is 2.54. The van der Waals surface area contributed by atoms with Crippen LogP contribution in [0.4, 0.5) is 14.4 Å². The fourth-order valence-corrected chi connectivity index (χ4v) is 6.43. The molecule has 0 spiro atoms. The number of fused-ring (bicyclic) bond motifs is 6. The van der Waals surface area contributed by atoms with Crippen molar-refractivity contribution in [3.8, 4) is 34.5 Å². The van der Waals surface area contributed by atoms with Crippen molar-refractivity contribution in [2.45, 2.75) is 92.0 Å². The highest BCUT2D eigenvalue weighted by Gasteiger charge is 2.34. The van der Waals surface area contributed by atoms with Crippen molar-refractivity contribution in [1.29, 1.82) is 0 Å². The van der Waals surface area contributed by atoms with E-state index >= 15 is 0 Å². The number of benzene rings is 5. The Bertz CT molecular complexity index is 2200. The minimum atomic E-state index is -0.853. The molecule has 5 aromatic carbocycles. The highest BCUT2D eigenvalue weighted by atomic mass is 16.7. The van der Waals surface area contributed by atoms with Crippen LogP contribution in [-0.2, 0) is 14.2 Å². The lowest BCUT2D eigenvalue weighted by atomic mass is 9.78. The molecule has 0 aliphatic carbocycles. The Morgan fingerprint density at radius 3 is 1.42 bits per heavy atom. The molecule has 0 amide bonds. The first-order valence-corrected chi connectivity index (χ1v) is 17.9. The third kappa shape index (κ3) is 8.88. The van der Waals surface area contributed by atoms with Gasteiger partial charge in [-0.25, -0.2) is 14.4 Å². The molecule has 0 N–H and O–H groups in total. The van der Waals surface area contributed by atoms with Crippen LogP contribution in [0.1, 0.15) is 90.5 Å². The lowest BCUT2D eigenvalue weighted by Crippen LogP contribution is -2.26. The molecule has 0 atom stereocenters. The van der Waals surface area contributed by atoms with E-state index in [9.17, 15) is 14.4 Å². The number of hydrogen-bond donors (Lipinski definition) is 0. The molecule has 0 fully saturated rings. The predicted octanol–water partition coefficient (Wildman–Crippen LogP) is 11.5. The van der Waals surface area contributed by atoms with Gasteiger partial charge in [-0.15, -0.1) is 0 Å². The Morgan fingerprint density at radius 2 is 1.00 bits per heavy atom. The molecule has 0 saturated heterocycles. The molecule has 0 aromatic heterocycles. The second-order valence-electron chi connectivity index (χ2n) is 16.3. The molecule has 11 nitrogen and oxygen atoms in total. The quantitative estimate of drug-likeness (QED) is 0.0949. The maximum absolute atomic E-state index is 12.8. The van der Waals surface area contributed by atoms with Crippen LogP contribution in [0.3, 0.4) is 0 Å². The van der Waals surface area contributed by atoms with Crippen molar-refractivity contribution in [2.24, 2.45) is 0 Å². The Morgan fingerprint density at radius 1 is 0.564 bits per heavy atom. The molecule has 1 heterocycles. The van der Waals surface area contributed by atoms with E-state index < -0.39 is 41.2 Å². The summed E-state index contributed by atoms with van der Waals surface area (Å²) in [4.78, 5) is 37.9. The predicted molar refractivity (Wildman–Crippen MR) is 207 cm³/mol. The molecule has 0 radical (unpaired) electrons. The summed E-state index contributed by atoms with van der Waals surface area (Å²) in [6.45, 7) is 17.7. The van der Waals surface area contributed by atoms with Gasteiger partial charge in [0.1, 0.15) is 39.8 Å². The summed E-state index contributed by atoms with van der Waals surface area (Å²) in [5.41, 5.74) is 0.948. The van der Waals surface area contributed by atoms with Gasteiger partial charge in [0.25, 0.3) is 0 Å². The maximum atomic E-state index is 12.8. The van der Waals surface area contributed by atoms with E-state index in [1.54, 1.807) is 86.6 Å². The van der Waals surface area contributed by atoms with Gasteiger partial charge in [0.2, 0.25) is 0 Å². The summed E-state index contributed by atoms with van der Waals surface area (Å²) in [7, 11) is 1.51. The number of methoxy groups -OCH3 is 1. The summed E-state index contributed by atoms with van der Waals surface area (Å²) in [5, 5.41) is 3.27. The van der Waals surface area contributed by atoms with Crippen molar-refractivity contribution < 1.29 is 52.3 Å². The Hall–Kier alpha value is -5.97. The van der Waals surface area contributed by atoms with Crippen LogP contribution in [-0.4, -0.2) is 42.4 Å². The first kappa shape index (κ1) is 38.7. The van der Waals surface area contributed by atoms with Crippen LogP contribution < -0.4 is 23.7 Å². The summed E-state index contributed by atoms with van der Waals surface area (Å²) < 4.78 is 45.4. The van der Waals surface area contributed by atoms with Crippen LogP contribution in [0, 0.1) is 6.92 Å². The molecule has 11 heteroatoms. The Kier molecular flexibility index (Phi) is 10.1. The molecule has 0 bridgehead atoms. The largest absolute Gasteiger partial charge is 0.514 e. The first-order chi connectivity index (χ1) is 25.7. The fraction of sp³-hybridized carbons (Fsp3) is 0.341. The average Bonchev–Trinajstić information content (AvgIpc) is 3.05. The Balaban J connectivity index is 1.52. The Labute approximate surface area is 320 Å². The molecule has 1 aliphatic rings. The minimum absolute atomic E-state index is 0.233. The van der Waals surface area contributed by atoms with Crippen LogP contribution in [0.25, 0.3) is 21.5 Å². The molecule has 5 aromatic rings. The van der Waals surface area contributed by atoms with Crippen molar-refractivity contribution >= 4 is 40.0 Å². The minimum Gasteiger partial charge on any atom is -0.493 e. The van der Waals surface area contributed by atoms with Crippen molar-refractivity contribution in [3.05, 3.63) is 95.1 Å². The average molecular weight is 751 g/mol.